The fraction of sp³-hybridized carbons (Fsp3) is 0.360. The molecule has 0 amide bonds. The van der Waals surface area contributed by atoms with Crippen LogP contribution >= 0.6 is 23.2 Å². The highest BCUT2D eigenvalue weighted by Crippen LogP contribution is 2.32. The van der Waals surface area contributed by atoms with Gasteiger partial charge in [-0.1, -0.05) is 52.6 Å². The number of piperidine rings is 1. The molecule has 2 aromatic carbocycles. The van der Waals surface area contributed by atoms with Crippen molar-refractivity contribution in [2.24, 2.45) is 0 Å². The van der Waals surface area contributed by atoms with Crippen LogP contribution in [0.2, 0.25) is 10.0 Å². The Hall–Kier alpha value is -2.38. The SMILES string of the molecule is Cc1noc(/C=C/c2ccccc2OCC(O)CN2CCC(c3ccc(Cl)c(Cl)c3)CC2)n1. The lowest BCUT2D eigenvalue weighted by molar-refractivity contribution is 0.0594. The van der Waals surface area contributed by atoms with Gasteiger partial charge in [-0.15, -0.1) is 0 Å². The van der Waals surface area contributed by atoms with Crippen molar-refractivity contribution in [2.45, 2.75) is 31.8 Å². The summed E-state index contributed by atoms with van der Waals surface area (Å²) in [5.74, 6) is 2.18. The molecule has 0 radical (unpaired) electrons. The van der Waals surface area contributed by atoms with Crippen molar-refractivity contribution >= 4 is 35.4 Å². The minimum absolute atomic E-state index is 0.219. The smallest absolute Gasteiger partial charge is 0.250 e. The maximum absolute atomic E-state index is 10.6. The molecule has 2 heterocycles. The van der Waals surface area contributed by atoms with E-state index < -0.39 is 6.10 Å². The first-order chi connectivity index (χ1) is 16.0. The first-order valence-electron chi connectivity index (χ1n) is 11.0. The van der Waals surface area contributed by atoms with Crippen LogP contribution < -0.4 is 4.74 Å². The number of ether oxygens (including phenoxy) is 1. The average Bonchev–Trinajstić information content (AvgIpc) is 3.24. The third kappa shape index (κ3) is 6.58. The molecule has 1 fully saturated rings. The first-order valence-corrected chi connectivity index (χ1v) is 11.8. The molecule has 0 bridgehead atoms. The summed E-state index contributed by atoms with van der Waals surface area (Å²) in [6.07, 6.45) is 5.07. The number of aryl methyl sites for hydroxylation is 1. The molecule has 1 aliphatic rings. The van der Waals surface area contributed by atoms with Gasteiger partial charge in [0, 0.05) is 18.2 Å². The van der Waals surface area contributed by atoms with Crippen molar-refractivity contribution in [2.75, 3.05) is 26.2 Å². The van der Waals surface area contributed by atoms with Crippen molar-refractivity contribution < 1.29 is 14.4 Å². The molecular formula is C25H27Cl2N3O3. The summed E-state index contributed by atoms with van der Waals surface area (Å²) >= 11 is 12.2. The molecule has 1 atom stereocenters. The van der Waals surface area contributed by atoms with E-state index in [4.69, 9.17) is 32.5 Å². The highest BCUT2D eigenvalue weighted by atomic mass is 35.5. The normalized spacial score (nSPS) is 16.4. The molecule has 1 aliphatic heterocycles. The molecular weight excluding hydrogens is 461 g/mol. The van der Waals surface area contributed by atoms with Crippen LogP contribution in [0.4, 0.5) is 0 Å². The molecule has 0 aliphatic carbocycles. The van der Waals surface area contributed by atoms with Crippen molar-refractivity contribution in [3.05, 3.63) is 75.4 Å². The average molecular weight is 488 g/mol. The van der Waals surface area contributed by atoms with Gasteiger partial charge < -0.3 is 19.3 Å². The zero-order valence-electron chi connectivity index (χ0n) is 18.5. The lowest BCUT2D eigenvalue weighted by atomic mass is 9.89. The molecule has 174 valence electrons. The summed E-state index contributed by atoms with van der Waals surface area (Å²) in [6, 6.07) is 13.6. The van der Waals surface area contributed by atoms with E-state index >= 15 is 0 Å². The summed E-state index contributed by atoms with van der Waals surface area (Å²) in [5, 5.41) is 15.5. The summed E-state index contributed by atoms with van der Waals surface area (Å²) in [4.78, 5) is 6.45. The van der Waals surface area contributed by atoms with Gasteiger partial charge in [-0.25, -0.2) is 0 Å². The number of benzene rings is 2. The van der Waals surface area contributed by atoms with E-state index in [2.05, 4.69) is 21.1 Å². The van der Waals surface area contributed by atoms with Crippen molar-refractivity contribution in [1.82, 2.24) is 15.0 Å². The molecule has 1 aromatic heterocycles. The number of para-hydroxylation sites is 1. The lowest BCUT2D eigenvalue weighted by Gasteiger charge is -2.33. The molecule has 6 nitrogen and oxygen atoms in total. The summed E-state index contributed by atoms with van der Waals surface area (Å²) in [6.45, 7) is 4.41. The standard InChI is InChI=1S/C25H27Cl2N3O3/c1-17-28-25(33-29-17)9-7-19-4-2-3-5-24(19)32-16-21(31)15-30-12-10-18(11-13-30)20-6-8-22(26)23(27)14-20/h2-9,14,18,21,31H,10-13,15-16H2,1H3/b9-7+. The van der Waals surface area contributed by atoms with Gasteiger partial charge >= 0.3 is 0 Å². The molecule has 1 N–H and O–H groups in total. The minimum atomic E-state index is -0.581. The quantitative estimate of drug-likeness (QED) is 0.453. The largest absolute Gasteiger partial charge is 0.490 e. The Bertz CT molecular complexity index is 1090. The highest BCUT2D eigenvalue weighted by Gasteiger charge is 2.23. The Morgan fingerprint density at radius 1 is 1.15 bits per heavy atom. The molecule has 4 rings (SSSR count). The number of halogens is 2. The molecule has 8 heteroatoms. The lowest BCUT2D eigenvalue weighted by Crippen LogP contribution is -2.40. The molecule has 3 aromatic rings. The zero-order valence-corrected chi connectivity index (χ0v) is 20.0. The number of β-amino-alcohol motifs (C(OH)–C–C–N with tert-alkyl or cyclic N) is 1. The maximum Gasteiger partial charge on any atom is 0.250 e. The summed E-state index contributed by atoms with van der Waals surface area (Å²) in [5.41, 5.74) is 2.11. The van der Waals surface area contributed by atoms with Crippen LogP contribution in [-0.4, -0.2) is 52.5 Å². The van der Waals surface area contributed by atoms with E-state index in [0.29, 0.717) is 40.0 Å². The Balaban J connectivity index is 1.26. The number of nitrogens with zero attached hydrogens (tertiary/aromatic N) is 3. The van der Waals surface area contributed by atoms with Gasteiger partial charge in [-0.2, -0.15) is 4.98 Å². The molecule has 33 heavy (non-hydrogen) atoms. The van der Waals surface area contributed by atoms with Crippen LogP contribution in [0.1, 0.15) is 41.6 Å². The fourth-order valence-corrected chi connectivity index (χ4v) is 4.35. The molecule has 0 spiro atoms. The number of aliphatic hydroxyl groups is 1. The molecule has 0 saturated carbocycles. The second kappa shape index (κ2) is 11.2. The Labute approximate surface area is 203 Å². The predicted octanol–water partition coefficient (Wildman–Crippen LogP) is 5.47. The summed E-state index contributed by atoms with van der Waals surface area (Å²) in [7, 11) is 0. The molecule has 1 saturated heterocycles. The molecule has 1 unspecified atom stereocenters. The second-order valence-electron chi connectivity index (χ2n) is 8.26. The van der Waals surface area contributed by atoms with Crippen LogP contribution in [0.25, 0.3) is 12.2 Å². The first kappa shape index (κ1) is 23.8. The van der Waals surface area contributed by atoms with Crippen LogP contribution in [0.5, 0.6) is 5.75 Å². The Kier molecular flexibility index (Phi) is 8.04. The van der Waals surface area contributed by atoms with Gasteiger partial charge in [0.05, 0.1) is 10.0 Å². The Morgan fingerprint density at radius 2 is 1.94 bits per heavy atom. The monoisotopic (exact) mass is 487 g/mol. The highest BCUT2D eigenvalue weighted by molar-refractivity contribution is 6.42. The van der Waals surface area contributed by atoms with Gasteiger partial charge in [0.2, 0.25) is 0 Å². The van der Waals surface area contributed by atoms with Crippen LogP contribution in [-0.2, 0) is 0 Å². The van der Waals surface area contributed by atoms with E-state index in [1.54, 1.807) is 13.0 Å². The predicted molar refractivity (Wildman–Crippen MR) is 131 cm³/mol. The number of hydrogen-bond acceptors (Lipinski definition) is 6. The minimum Gasteiger partial charge on any atom is -0.490 e. The second-order valence-corrected chi connectivity index (χ2v) is 9.08. The van der Waals surface area contributed by atoms with Gasteiger partial charge in [-0.05, 0) is 68.6 Å². The van der Waals surface area contributed by atoms with Gasteiger partial charge in [0.15, 0.2) is 5.82 Å². The van der Waals surface area contributed by atoms with E-state index in [1.807, 2.05) is 42.5 Å². The van der Waals surface area contributed by atoms with Crippen molar-refractivity contribution in [3.8, 4) is 5.75 Å². The Morgan fingerprint density at radius 3 is 2.67 bits per heavy atom. The van der Waals surface area contributed by atoms with E-state index in [-0.39, 0.29) is 6.61 Å². The number of aliphatic hydroxyl groups excluding tert-OH is 1. The van der Waals surface area contributed by atoms with Gasteiger partial charge in [0.25, 0.3) is 5.89 Å². The van der Waals surface area contributed by atoms with Crippen LogP contribution in [0, 0.1) is 6.92 Å². The third-order valence-corrected chi connectivity index (χ3v) is 6.51. The fourth-order valence-electron chi connectivity index (χ4n) is 4.04. The van der Waals surface area contributed by atoms with Gasteiger partial charge in [0.1, 0.15) is 18.5 Å². The van der Waals surface area contributed by atoms with E-state index in [0.717, 1.165) is 31.5 Å². The maximum atomic E-state index is 10.6. The number of aromatic nitrogens is 2. The third-order valence-electron chi connectivity index (χ3n) is 5.77. The number of rotatable bonds is 8. The zero-order chi connectivity index (χ0) is 23.2. The van der Waals surface area contributed by atoms with Crippen molar-refractivity contribution in [1.29, 1.82) is 0 Å². The number of likely N-dealkylation sites (tertiary alicyclic amines) is 1. The topological polar surface area (TPSA) is 71.6 Å². The van der Waals surface area contributed by atoms with E-state index in [1.165, 1.54) is 5.56 Å². The summed E-state index contributed by atoms with van der Waals surface area (Å²) < 4.78 is 11.0. The van der Waals surface area contributed by atoms with E-state index in [9.17, 15) is 5.11 Å². The number of hydrogen-bond donors (Lipinski definition) is 1. The van der Waals surface area contributed by atoms with Crippen LogP contribution in [0.3, 0.4) is 0 Å². The van der Waals surface area contributed by atoms with Crippen molar-refractivity contribution in [3.63, 3.8) is 0 Å². The van der Waals surface area contributed by atoms with Crippen LogP contribution in [0.15, 0.2) is 47.0 Å². The van der Waals surface area contributed by atoms with Gasteiger partial charge in [-0.3, -0.25) is 0 Å².